The molecule has 21 heavy (non-hydrogen) atoms. The van der Waals surface area contributed by atoms with Crippen molar-refractivity contribution in [2.75, 3.05) is 19.8 Å². The highest BCUT2D eigenvalue weighted by atomic mass is 79.9. The standard InChI is InChI=1S/C16H23BrN2O2/c1-10(2)19-5-3-4-13(18)15(19)11-8-12(17)16-14(9-11)20-6-7-21-16/h8-10,13,15H,3-7,18H2,1-2H3. The van der Waals surface area contributed by atoms with Crippen molar-refractivity contribution in [1.29, 1.82) is 0 Å². The minimum Gasteiger partial charge on any atom is -0.486 e. The van der Waals surface area contributed by atoms with Gasteiger partial charge in [-0.25, -0.2) is 0 Å². The largest absolute Gasteiger partial charge is 0.486 e. The molecule has 2 aliphatic heterocycles. The number of benzene rings is 1. The number of hydrogen-bond donors (Lipinski definition) is 1. The Morgan fingerprint density at radius 2 is 2.05 bits per heavy atom. The average molecular weight is 355 g/mol. The fraction of sp³-hybridized carbons (Fsp3) is 0.625. The summed E-state index contributed by atoms with van der Waals surface area (Å²) in [6, 6.07) is 5.12. The van der Waals surface area contributed by atoms with E-state index in [1.54, 1.807) is 0 Å². The second-order valence-electron chi connectivity index (χ2n) is 6.11. The van der Waals surface area contributed by atoms with Gasteiger partial charge in [0.2, 0.25) is 0 Å². The Hall–Kier alpha value is -0.780. The van der Waals surface area contributed by atoms with Gasteiger partial charge in [-0.2, -0.15) is 0 Å². The first-order chi connectivity index (χ1) is 10.1. The van der Waals surface area contributed by atoms with Crippen LogP contribution in [0.2, 0.25) is 0 Å². The van der Waals surface area contributed by atoms with Crippen LogP contribution in [0.3, 0.4) is 0 Å². The number of nitrogens with two attached hydrogens (primary N) is 1. The van der Waals surface area contributed by atoms with Gasteiger partial charge in [0.1, 0.15) is 13.2 Å². The maximum atomic E-state index is 6.44. The van der Waals surface area contributed by atoms with Crippen molar-refractivity contribution in [3.63, 3.8) is 0 Å². The summed E-state index contributed by atoms with van der Waals surface area (Å²) in [5.74, 6) is 1.64. The third kappa shape index (κ3) is 2.91. The Morgan fingerprint density at radius 3 is 2.81 bits per heavy atom. The molecule has 1 saturated heterocycles. The van der Waals surface area contributed by atoms with Crippen LogP contribution in [0.25, 0.3) is 0 Å². The third-order valence-corrected chi connectivity index (χ3v) is 4.93. The van der Waals surface area contributed by atoms with Crippen molar-refractivity contribution in [2.45, 2.75) is 44.8 Å². The number of nitrogens with zero attached hydrogens (tertiary/aromatic N) is 1. The summed E-state index contributed by atoms with van der Waals surface area (Å²) < 4.78 is 12.4. The van der Waals surface area contributed by atoms with Crippen LogP contribution in [0.15, 0.2) is 16.6 Å². The molecule has 0 spiro atoms. The number of hydrogen-bond acceptors (Lipinski definition) is 4. The summed E-state index contributed by atoms with van der Waals surface area (Å²) in [5, 5.41) is 0. The van der Waals surface area contributed by atoms with Gasteiger partial charge in [-0.3, -0.25) is 4.90 Å². The molecule has 1 aromatic rings. The van der Waals surface area contributed by atoms with Crippen molar-refractivity contribution in [2.24, 2.45) is 5.73 Å². The number of halogens is 1. The molecular formula is C16H23BrN2O2. The van der Waals surface area contributed by atoms with Gasteiger partial charge in [0.15, 0.2) is 11.5 Å². The van der Waals surface area contributed by atoms with E-state index in [1.165, 1.54) is 12.0 Å². The Labute approximate surface area is 134 Å². The summed E-state index contributed by atoms with van der Waals surface area (Å²) in [4.78, 5) is 2.49. The van der Waals surface area contributed by atoms with Crippen LogP contribution in [-0.4, -0.2) is 36.7 Å². The lowest BCUT2D eigenvalue weighted by molar-refractivity contribution is 0.0939. The molecule has 2 atom stereocenters. The normalized spacial score (nSPS) is 26.1. The van der Waals surface area contributed by atoms with Gasteiger partial charge in [0.05, 0.1) is 10.5 Å². The van der Waals surface area contributed by atoms with E-state index in [4.69, 9.17) is 15.2 Å². The molecule has 2 heterocycles. The van der Waals surface area contributed by atoms with Gasteiger partial charge in [-0.1, -0.05) is 0 Å². The Bertz CT molecular complexity index is 521. The molecule has 116 valence electrons. The van der Waals surface area contributed by atoms with Gasteiger partial charge in [0.25, 0.3) is 0 Å². The quantitative estimate of drug-likeness (QED) is 0.886. The molecule has 4 nitrogen and oxygen atoms in total. The second kappa shape index (κ2) is 6.15. The molecule has 0 radical (unpaired) electrons. The van der Waals surface area contributed by atoms with Crippen LogP contribution < -0.4 is 15.2 Å². The third-order valence-electron chi connectivity index (χ3n) is 4.34. The van der Waals surface area contributed by atoms with E-state index in [1.807, 2.05) is 0 Å². The molecular weight excluding hydrogens is 332 g/mol. The monoisotopic (exact) mass is 354 g/mol. The molecule has 0 aliphatic carbocycles. The fourth-order valence-corrected chi connectivity index (χ4v) is 3.95. The van der Waals surface area contributed by atoms with Crippen LogP contribution in [-0.2, 0) is 0 Å². The number of fused-ring (bicyclic) bond motifs is 1. The van der Waals surface area contributed by atoms with Crippen molar-refractivity contribution < 1.29 is 9.47 Å². The molecule has 2 unspecified atom stereocenters. The highest BCUT2D eigenvalue weighted by molar-refractivity contribution is 9.10. The van der Waals surface area contributed by atoms with E-state index in [2.05, 4.69) is 46.8 Å². The molecule has 0 amide bonds. The maximum Gasteiger partial charge on any atom is 0.175 e. The predicted molar refractivity (Wildman–Crippen MR) is 86.9 cm³/mol. The van der Waals surface area contributed by atoms with Crippen LogP contribution in [0, 0.1) is 0 Å². The second-order valence-corrected chi connectivity index (χ2v) is 6.96. The Morgan fingerprint density at radius 1 is 1.29 bits per heavy atom. The zero-order valence-corrected chi connectivity index (χ0v) is 14.2. The highest BCUT2D eigenvalue weighted by Gasteiger charge is 2.33. The van der Waals surface area contributed by atoms with Crippen molar-refractivity contribution >= 4 is 15.9 Å². The van der Waals surface area contributed by atoms with E-state index < -0.39 is 0 Å². The Balaban J connectivity index is 1.99. The number of likely N-dealkylation sites (tertiary alicyclic amines) is 1. The van der Waals surface area contributed by atoms with E-state index >= 15 is 0 Å². The molecule has 2 aliphatic rings. The number of rotatable bonds is 2. The first-order valence-electron chi connectivity index (χ1n) is 7.68. The lowest BCUT2D eigenvalue weighted by atomic mass is 9.89. The van der Waals surface area contributed by atoms with Crippen molar-refractivity contribution in [1.82, 2.24) is 4.90 Å². The molecule has 0 bridgehead atoms. The molecule has 0 aromatic heterocycles. The molecule has 1 aromatic carbocycles. The topological polar surface area (TPSA) is 47.7 Å². The average Bonchev–Trinajstić information content (AvgIpc) is 2.46. The van der Waals surface area contributed by atoms with Gasteiger partial charge >= 0.3 is 0 Å². The Kier molecular flexibility index (Phi) is 4.43. The van der Waals surface area contributed by atoms with E-state index in [-0.39, 0.29) is 12.1 Å². The smallest absolute Gasteiger partial charge is 0.175 e. The van der Waals surface area contributed by atoms with Gasteiger partial charge in [-0.05, 0) is 66.9 Å². The molecule has 1 fully saturated rings. The summed E-state index contributed by atoms with van der Waals surface area (Å²) in [5.41, 5.74) is 7.65. The SMILES string of the molecule is CC(C)N1CCCC(N)C1c1cc(Br)c2c(c1)OCCO2. The molecule has 5 heteroatoms. The summed E-state index contributed by atoms with van der Waals surface area (Å²) in [7, 11) is 0. The van der Waals surface area contributed by atoms with Crippen LogP contribution in [0.5, 0.6) is 11.5 Å². The highest BCUT2D eigenvalue weighted by Crippen LogP contribution is 2.42. The number of piperidine rings is 1. The van der Waals surface area contributed by atoms with Crippen LogP contribution >= 0.6 is 15.9 Å². The lowest BCUT2D eigenvalue weighted by Gasteiger charge is -2.42. The van der Waals surface area contributed by atoms with Crippen molar-refractivity contribution in [3.8, 4) is 11.5 Å². The summed E-state index contributed by atoms with van der Waals surface area (Å²) in [6.07, 6.45) is 2.24. The van der Waals surface area contributed by atoms with Gasteiger partial charge in [-0.15, -0.1) is 0 Å². The fourth-order valence-electron chi connectivity index (χ4n) is 3.37. The minimum absolute atomic E-state index is 0.163. The minimum atomic E-state index is 0.163. The zero-order valence-electron chi connectivity index (χ0n) is 12.6. The molecule has 2 N–H and O–H groups in total. The van der Waals surface area contributed by atoms with Crippen molar-refractivity contribution in [3.05, 3.63) is 22.2 Å². The molecule has 0 saturated carbocycles. The van der Waals surface area contributed by atoms with E-state index in [0.717, 1.165) is 28.9 Å². The van der Waals surface area contributed by atoms with Gasteiger partial charge in [0, 0.05) is 12.1 Å². The maximum absolute atomic E-state index is 6.44. The van der Waals surface area contributed by atoms with Gasteiger partial charge < -0.3 is 15.2 Å². The summed E-state index contributed by atoms with van der Waals surface area (Å²) in [6.45, 7) is 6.78. The van der Waals surface area contributed by atoms with Crippen LogP contribution in [0.1, 0.15) is 38.3 Å². The molecule has 3 rings (SSSR count). The number of ether oxygens (including phenoxy) is 2. The van der Waals surface area contributed by atoms with E-state index in [0.29, 0.717) is 19.3 Å². The van der Waals surface area contributed by atoms with Crippen LogP contribution in [0.4, 0.5) is 0 Å². The summed E-state index contributed by atoms with van der Waals surface area (Å²) >= 11 is 3.61. The predicted octanol–water partition coefficient (Wildman–Crippen LogP) is 3.09. The lowest BCUT2D eigenvalue weighted by Crippen LogP contribution is -2.48. The van der Waals surface area contributed by atoms with E-state index in [9.17, 15) is 0 Å². The first kappa shape index (κ1) is 15.1. The zero-order chi connectivity index (χ0) is 15.0. The first-order valence-corrected chi connectivity index (χ1v) is 8.47.